The predicted molar refractivity (Wildman–Crippen MR) is 56.2 cm³/mol. The maximum atomic E-state index is 11.3. The summed E-state index contributed by atoms with van der Waals surface area (Å²) >= 11 is -1.26. The lowest BCUT2D eigenvalue weighted by molar-refractivity contribution is 0.585. The van der Waals surface area contributed by atoms with Crippen LogP contribution in [0.5, 0.6) is 0 Å². The molecular formula is C9H7N5OS. The van der Waals surface area contributed by atoms with E-state index in [2.05, 4.69) is 15.5 Å². The van der Waals surface area contributed by atoms with Gasteiger partial charge in [0.1, 0.15) is 6.26 Å². The molecule has 0 saturated carbocycles. The van der Waals surface area contributed by atoms with E-state index in [-0.39, 0.29) is 5.16 Å². The van der Waals surface area contributed by atoms with Gasteiger partial charge < -0.3 is 4.55 Å². The van der Waals surface area contributed by atoms with E-state index < -0.39 is 11.2 Å². The van der Waals surface area contributed by atoms with Crippen molar-refractivity contribution in [2.45, 2.75) is 5.16 Å². The molecule has 0 aliphatic rings. The molecule has 0 N–H and O–H groups in total. The average molecular weight is 233 g/mol. The third kappa shape index (κ3) is 1.88. The van der Waals surface area contributed by atoms with Gasteiger partial charge in [0.2, 0.25) is 0 Å². The van der Waals surface area contributed by atoms with E-state index in [4.69, 9.17) is 5.26 Å². The standard InChI is InChI=1S/C9H7N5OS/c1-16(15)9-11-12-13-14(9)8-4-2-7(6-10)3-5-8/h2-5H,1H3. The first-order valence-corrected chi connectivity index (χ1v) is 5.90. The van der Waals surface area contributed by atoms with Crippen molar-refractivity contribution < 1.29 is 4.55 Å². The maximum Gasteiger partial charge on any atom is 0.365 e. The van der Waals surface area contributed by atoms with Gasteiger partial charge in [-0.15, -0.1) is 0 Å². The molecule has 0 fully saturated rings. The molecule has 1 unspecified atom stereocenters. The third-order valence-electron chi connectivity index (χ3n) is 1.94. The molecule has 1 heterocycles. The van der Waals surface area contributed by atoms with Crippen molar-refractivity contribution in [3.63, 3.8) is 0 Å². The molecule has 0 spiro atoms. The van der Waals surface area contributed by atoms with Crippen molar-refractivity contribution in [1.82, 2.24) is 20.2 Å². The number of nitrogens with zero attached hydrogens (tertiary/aromatic N) is 5. The Bertz CT molecular complexity index is 528. The van der Waals surface area contributed by atoms with Crippen LogP contribution in [0.2, 0.25) is 0 Å². The van der Waals surface area contributed by atoms with Gasteiger partial charge in [0.15, 0.2) is 0 Å². The molecule has 1 aromatic carbocycles. The van der Waals surface area contributed by atoms with Crippen LogP contribution in [0.15, 0.2) is 29.4 Å². The number of rotatable bonds is 2. The van der Waals surface area contributed by atoms with Gasteiger partial charge in [-0.1, -0.05) is 5.10 Å². The summed E-state index contributed by atoms with van der Waals surface area (Å²) < 4.78 is 12.7. The topological polar surface area (TPSA) is 90.4 Å². The Labute approximate surface area is 94.7 Å². The molecule has 1 atom stereocenters. The quantitative estimate of drug-likeness (QED) is 0.694. The summed E-state index contributed by atoms with van der Waals surface area (Å²) in [5.74, 6) is 0. The Balaban J connectivity index is 2.43. The summed E-state index contributed by atoms with van der Waals surface area (Å²) in [7, 11) is 0. The van der Waals surface area contributed by atoms with E-state index in [1.165, 1.54) is 10.9 Å². The van der Waals surface area contributed by atoms with E-state index in [1.54, 1.807) is 24.3 Å². The molecule has 7 heteroatoms. The Hall–Kier alpha value is -1.91. The monoisotopic (exact) mass is 233 g/mol. The largest absolute Gasteiger partial charge is 0.609 e. The first-order valence-electron chi connectivity index (χ1n) is 4.34. The Morgan fingerprint density at radius 3 is 2.62 bits per heavy atom. The molecule has 2 rings (SSSR count). The van der Waals surface area contributed by atoms with Crippen molar-refractivity contribution in [3.05, 3.63) is 29.8 Å². The highest BCUT2D eigenvalue weighted by atomic mass is 32.2. The van der Waals surface area contributed by atoms with Gasteiger partial charge in [-0.05, 0) is 34.7 Å². The summed E-state index contributed by atoms with van der Waals surface area (Å²) in [6, 6.07) is 8.72. The average Bonchev–Trinajstić information content (AvgIpc) is 2.78. The number of aromatic nitrogens is 4. The van der Waals surface area contributed by atoms with Gasteiger partial charge in [0.25, 0.3) is 0 Å². The minimum absolute atomic E-state index is 0.282. The molecule has 0 saturated heterocycles. The van der Waals surface area contributed by atoms with E-state index in [1.807, 2.05) is 6.07 Å². The summed E-state index contributed by atoms with van der Waals surface area (Å²) in [6.45, 7) is 0. The Kier molecular flexibility index (Phi) is 2.85. The van der Waals surface area contributed by atoms with Gasteiger partial charge in [0, 0.05) is 11.2 Å². The van der Waals surface area contributed by atoms with Crippen molar-refractivity contribution in [2.24, 2.45) is 0 Å². The van der Waals surface area contributed by atoms with Gasteiger partial charge in [-0.2, -0.15) is 9.94 Å². The van der Waals surface area contributed by atoms with Crippen LogP contribution < -0.4 is 0 Å². The third-order valence-corrected chi connectivity index (χ3v) is 2.71. The zero-order valence-corrected chi connectivity index (χ0v) is 9.18. The molecule has 1 aromatic heterocycles. The lowest BCUT2D eigenvalue weighted by Gasteiger charge is -2.04. The van der Waals surface area contributed by atoms with Gasteiger partial charge >= 0.3 is 5.16 Å². The second-order valence-electron chi connectivity index (χ2n) is 2.99. The van der Waals surface area contributed by atoms with Crippen LogP contribution in [0, 0.1) is 11.3 Å². The maximum absolute atomic E-state index is 11.3. The second kappa shape index (κ2) is 4.30. The van der Waals surface area contributed by atoms with Crippen LogP contribution in [0.4, 0.5) is 0 Å². The minimum atomic E-state index is -1.26. The fraction of sp³-hybridized carbons (Fsp3) is 0.111. The van der Waals surface area contributed by atoms with Crippen LogP contribution in [0.1, 0.15) is 5.56 Å². The van der Waals surface area contributed by atoms with Crippen LogP contribution in [-0.2, 0) is 11.2 Å². The summed E-state index contributed by atoms with van der Waals surface area (Å²) in [4.78, 5) is 0. The van der Waals surface area contributed by atoms with Crippen molar-refractivity contribution >= 4 is 11.2 Å². The first-order chi connectivity index (χ1) is 7.72. The van der Waals surface area contributed by atoms with Gasteiger partial charge in [-0.3, -0.25) is 0 Å². The molecule has 0 amide bonds. The smallest absolute Gasteiger partial charge is 0.365 e. The fourth-order valence-electron chi connectivity index (χ4n) is 1.20. The molecular weight excluding hydrogens is 226 g/mol. The summed E-state index contributed by atoms with van der Waals surface area (Å²) in [6.07, 6.45) is 1.51. The zero-order valence-electron chi connectivity index (χ0n) is 8.36. The normalized spacial score (nSPS) is 12.1. The highest BCUT2D eigenvalue weighted by molar-refractivity contribution is 7.90. The molecule has 16 heavy (non-hydrogen) atoms. The van der Waals surface area contributed by atoms with Crippen LogP contribution in [0.3, 0.4) is 0 Å². The number of hydrogen-bond donors (Lipinski definition) is 0. The van der Waals surface area contributed by atoms with Crippen molar-refractivity contribution in [2.75, 3.05) is 6.26 Å². The SMILES string of the molecule is C[S+]([O-])c1nnnn1-c1ccc(C#N)cc1. The minimum Gasteiger partial charge on any atom is -0.609 e. The van der Waals surface area contributed by atoms with E-state index in [0.29, 0.717) is 11.3 Å². The predicted octanol–water partition coefficient (Wildman–Crippen LogP) is 0.271. The summed E-state index contributed by atoms with van der Waals surface area (Å²) in [5, 5.41) is 19.8. The highest BCUT2D eigenvalue weighted by Gasteiger charge is 2.16. The van der Waals surface area contributed by atoms with E-state index in [0.717, 1.165) is 0 Å². The zero-order chi connectivity index (χ0) is 11.5. The number of tetrazole rings is 1. The van der Waals surface area contributed by atoms with E-state index >= 15 is 0 Å². The van der Waals surface area contributed by atoms with Gasteiger partial charge in [0.05, 0.1) is 17.3 Å². The lowest BCUT2D eigenvalue weighted by atomic mass is 10.2. The molecule has 0 aliphatic heterocycles. The molecule has 80 valence electrons. The van der Waals surface area contributed by atoms with Gasteiger partial charge in [-0.25, -0.2) is 0 Å². The highest BCUT2D eigenvalue weighted by Crippen LogP contribution is 2.12. The number of nitriles is 1. The van der Waals surface area contributed by atoms with Crippen LogP contribution in [0.25, 0.3) is 5.69 Å². The van der Waals surface area contributed by atoms with Crippen molar-refractivity contribution in [3.8, 4) is 11.8 Å². The second-order valence-corrected chi connectivity index (χ2v) is 4.26. The molecule has 2 aromatic rings. The lowest BCUT2D eigenvalue weighted by Crippen LogP contribution is -2.08. The molecule has 6 nitrogen and oxygen atoms in total. The van der Waals surface area contributed by atoms with Crippen LogP contribution >= 0.6 is 0 Å². The van der Waals surface area contributed by atoms with Crippen LogP contribution in [-0.4, -0.2) is 31.0 Å². The summed E-state index contributed by atoms with van der Waals surface area (Å²) in [5.41, 5.74) is 1.23. The molecule has 0 bridgehead atoms. The fourth-order valence-corrected chi connectivity index (χ4v) is 1.73. The van der Waals surface area contributed by atoms with E-state index in [9.17, 15) is 4.55 Å². The Morgan fingerprint density at radius 1 is 1.38 bits per heavy atom. The number of hydrogen-bond acceptors (Lipinski definition) is 5. The molecule has 0 radical (unpaired) electrons. The Morgan fingerprint density at radius 2 is 2.06 bits per heavy atom. The van der Waals surface area contributed by atoms with Crippen molar-refractivity contribution in [1.29, 1.82) is 5.26 Å². The molecule has 0 aliphatic carbocycles. The number of benzene rings is 1. The first kappa shape index (κ1) is 10.6.